The van der Waals surface area contributed by atoms with Crippen molar-refractivity contribution in [2.75, 3.05) is 11.8 Å². The summed E-state index contributed by atoms with van der Waals surface area (Å²) in [4.78, 5) is 6.74. The summed E-state index contributed by atoms with van der Waals surface area (Å²) >= 11 is 0. The second-order valence-corrected chi connectivity index (χ2v) is 5.50. The number of imidazole rings is 1. The Morgan fingerprint density at radius 2 is 2.11 bits per heavy atom. The lowest BCUT2D eigenvalue weighted by Gasteiger charge is -2.10. The largest absolute Gasteiger partial charge is 0.495 e. The highest BCUT2D eigenvalue weighted by atomic mass is 32.2. The van der Waals surface area contributed by atoms with E-state index in [4.69, 9.17) is 4.74 Å². The highest BCUT2D eigenvalue weighted by molar-refractivity contribution is 7.92. The minimum Gasteiger partial charge on any atom is -0.495 e. The van der Waals surface area contributed by atoms with E-state index in [1.165, 1.54) is 13.3 Å². The van der Waals surface area contributed by atoms with Crippen molar-refractivity contribution < 1.29 is 13.2 Å². The van der Waals surface area contributed by atoms with Crippen molar-refractivity contribution in [3.05, 3.63) is 36.3 Å². The van der Waals surface area contributed by atoms with Crippen molar-refractivity contribution in [2.45, 2.75) is 18.4 Å². The molecule has 0 radical (unpaired) electrons. The Labute approximate surface area is 111 Å². The van der Waals surface area contributed by atoms with E-state index in [-0.39, 0.29) is 5.03 Å². The third-order valence-corrected chi connectivity index (χ3v) is 3.86. The van der Waals surface area contributed by atoms with Gasteiger partial charge in [-0.25, -0.2) is 4.98 Å². The summed E-state index contributed by atoms with van der Waals surface area (Å²) in [6.07, 6.45) is 1.95. The van der Waals surface area contributed by atoms with Crippen LogP contribution in [-0.4, -0.2) is 25.5 Å². The van der Waals surface area contributed by atoms with Crippen molar-refractivity contribution in [3.63, 3.8) is 0 Å². The number of benzene rings is 1. The Morgan fingerprint density at radius 3 is 2.74 bits per heavy atom. The number of methoxy groups -OCH3 is 1. The molecule has 0 atom stereocenters. The molecule has 2 rings (SSSR count). The fraction of sp³-hybridized carbons (Fsp3) is 0.250. The average Bonchev–Trinajstić information content (AvgIpc) is 2.88. The summed E-state index contributed by atoms with van der Waals surface area (Å²) in [6.45, 7) is 1.89. The van der Waals surface area contributed by atoms with Crippen LogP contribution >= 0.6 is 0 Å². The zero-order valence-corrected chi connectivity index (χ0v) is 11.5. The molecule has 0 aliphatic heterocycles. The SMILES string of the molecule is CCc1ncc(S(=O)(=O)Nc2ccccc2OC)[nH]1. The Hall–Kier alpha value is -2.02. The van der Waals surface area contributed by atoms with Gasteiger partial charge in [-0.2, -0.15) is 8.42 Å². The molecule has 0 saturated carbocycles. The smallest absolute Gasteiger partial charge is 0.279 e. The van der Waals surface area contributed by atoms with E-state index < -0.39 is 10.0 Å². The molecule has 0 fully saturated rings. The molecule has 2 N–H and O–H groups in total. The number of aromatic nitrogens is 2. The van der Waals surface area contributed by atoms with Gasteiger partial charge in [-0.3, -0.25) is 4.72 Å². The first-order valence-corrected chi connectivity index (χ1v) is 7.25. The molecule has 0 spiro atoms. The maximum absolute atomic E-state index is 12.2. The first-order valence-electron chi connectivity index (χ1n) is 5.76. The van der Waals surface area contributed by atoms with Crippen LogP contribution in [0.2, 0.25) is 0 Å². The monoisotopic (exact) mass is 281 g/mol. The van der Waals surface area contributed by atoms with Crippen molar-refractivity contribution in [1.29, 1.82) is 0 Å². The van der Waals surface area contributed by atoms with Gasteiger partial charge >= 0.3 is 0 Å². The maximum Gasteiger partial charge on any atom is 0.279 e. The molecular weight excluding hydrogens is 266 g/mol. The maximum atomic E-state index is 12.2. The third-order valence-electron chi connectivity index (χ3n) is 2.58. The topological polar surface area (TPSA) is 84.1 Å². The highest BCUT2D eigenvalue weighted by Gasteiger charge is 2.18. The van der Waals surface area contributed by atoms with E-state index in [1.54, 1.807) is 24.3 Å². The third kappa shape index (κ3) is 2.87. The van der Waals surface area contributed by atoms with Crippen LogP contribution < -0.4 is 9.46 Å². The lowest BCUT2D eigenvalue weighted by atomic mass is 10.3. The van der Waals surface area contributed by atoms with Crippen LogP contribution in [0.4, 0.5) is 5.69 Å². The summed E-state index contributed by atoms with van der Waals surface area (Å²) in [6, 6.07) is 6.81. The van der Waals surface area contributed by atoms with Gasteiger partial charge in [-0.05, 0) is 12.1 Å². The number of aryl methyl sites for hydroxylation is 1. The number of hydrogen-bond donors (Lipinski definition) is 2. The molecule has 2 aromatic rings. The fourth-order valence-electron chi connectivity index (χ4n) is 1.59. The van der Waals surface area contributed by atoms with Gasteiger partial charge in [0.1, 0.15) is 11.6 Å². The number of H-pyrrole nitrogens is 1. The molecule has 1 heterocycles. The zero-order valence-electron chi connectivity index (χ0n) is 10.7. The lowest BCUT2D eigenvalue weighted by Crippen LogP contribution is -2.14. The number of aromatic amines is 1. The van der Waals surface area contributed by atoms with Crippen LogP contribution in [0.1, 0.15) is 12.7 Å². The summed E-state index contributed by atoms with van der Waals surface area (Å²) in [7, 11) is -2.20. The van der Waals surface area contributed by atoms with E-state index >= 15 is 0 Å². The van der Waals surface area contributed by atoms with Gasteiger partial charge in [-0.1, -0.05) is 19.1 Å². The quantitative estimate of drug-likeness (QED) is 0.875. The van der Waals surface area contributed by atoms with Crippen molar-refractivity contribution in [3.8, 4) is 5.75 Å². The van der Waals surface area contributed by atoms with Gasteiger partial charge in [0.2, 0.25) is 0 Å². The highest BCUT2D eigenvalue weighted by Crippen LogP contribution is 2.25. The Balaban J connectivity index is 2.31. The molecule has 7 heteroatoms. The molecule has 6 nitrogen and oxygen atoms in total. The molecule has 0 saturated heterocycles. The van der Waals surface area contributed by atoms with Crippen LogP contribution in [0.15, 0.2) is 35.5 Å². The average molecular weight is 281 g/mol. The standard InChI is InChI=1S/C12H15N3O3S/c1-3-11-13-8-12(14-11)19(16,17)15-9-6-4-5-7-10(9)18-2/h4-8,15H,3H2,1-2H3,(H,13,14). The number of nitrogens with one attached hydrogen (secondary N) is 2. The van der Waals surface area contributed by atoms with Crippen LogP contribution in [0.25, 0.3) is 0 Å². The predicted molar refractivity (Wildman–Crippen MR) is 71.8 cm³/mol. The first-order chi connectivity index (χ1) is 9.06. The fourth-order valence-corrected chi connectivity index (χ4v) is 2.60. The van der Waals surface area contributed by atoms with Gasteiger partial charge in [0.15, 0.2) is 5.03 Å². The predicted octanol–water partition coefficient (Wildman–Crippen LogP) is 1.78. The zero-order chi connectivity index (χ0) is 13.9. The molecule has 0 aliphatic carbocycles. The van der Waals surface area contributed by atoms with Crippen LogP contribution in [0, 0.1) is 0 Å². The van der Waals surface area contributed by atoms with Gasteiger partial charge < -0.3 is 9.72 Å². The summed E-state index contributed by atoms with van der Waals surface area (Å²) in [5.74, 6) is 1.08. The number of rotatable bonds is 5. The number of ether oxygens (including phenoxy) is 1. The van der Waals surface area contributed by atoms with Crippen LogP contribution in [0.3, 0.4) is 0 Å². The number of nitrogens with zero attached hydrogens (tertiary/aromatic N) is 1. The van der Waals surface area contributed by atoms with E-state index in [0.29, 0.717) is 23.7 Å². The second kappa shape index (κ2) is 5.31. The van der Waals surface area contributed by atoms with Crippen LogP contribution in [0.5, 0.6) is 5.75 Å². The van der Waals surface area contributed by atoms with E-state index in [1.807, 2.05) is 6.92 Å². The minimum absolute atomic E-state index is 0.0373. The Bertz CT molecular complexity index is 664. The molecule has 1 aromatic heterocycles. The van der Waals surface area contributed by atoms with E-state index in [2.05, 4.69) is 14.7 Å². The number of sulfonamides is 1. The molecular formula is C12H15N3O3S. The summed E-state index contributed by atoms with van der Waals surface area (Å²) in [5.41, 5.74) is 0.387. The number of anilines is 1. The van der Waals surface area contributed by atoms with Crippen molar-refractivity contribution in [2.24, 2.45) is 0 Å². The van der Waals surface area contributed by atoms with Gasteiger partial charge in [-0.15, -0.1) is 0 Å². The molecule has 102 valence electrons. The summed E-state index contributed by atoms with van der Waals surface area (Å²) < 4.78 is 31.9. The molecule has 0 amide bonds. The molecule has 1 aromatic carbocycles. The Morgan fingerprint density at radius 1 is 1.37 bits per heavy atom. The van der Waals surface area contributed by atoms with Gasteiger partial charge in [0, 0.05) is 6.42 Å². The van der Waals surface area contributed by atoms with Gasteiger partial charge in [0.05, 0.1) is 19.0 Å². The molecule has 0 aliphatic rings. The van der Waals surface area contributed by atoms with Gasteiger partial charge in [0.25, 0.3) is 10.0 Å². The van der Waals surface area contributed by atoms with Crippen molar-refractivity contribution in [1.82, 2.24) is 9.97 Å². The normalized spacial score (nSPS) is 11.3. The molecule has 19 heavy (non-hydrogen) atoms. The lowest BCUT2D eigenvalue weighted by molar-refractivity contribution is 0.417. The number of para-hydroxylation sites is 2. The number of hydrogen-bond acceptors (Lipinski definition) is 4. The molecule has 0 bridgehead atoms. The van der Waals surface area contributed by atoms with E-state index in [0.717, 1.165) is 0 Å². The first kappa shape index (κ1) is 13.4. The van der Waals surface area contributed by atoms with Crippen molar-refractivity contribution >= 4 is 15.7 Å². The second-order valence-electron chi connectivity index (χ2n) is 3.85. The van der Waals surface area contributed by atoms with E-state index in [9.17, 15) is 8.42 Å². The minimum atomic E-state index is -3.68. The summed E-state index contributed by atoms with van der Waals surface area (Å²) in [5, 5.41) is 0.0373. The molecule has 0 unspecified atom stereocenters. The van der Waals surface area contributed by atoms with Crippen LogP contribution in [-0.2, 0) is 16.4 Å². The Kier molecular flexibility index (Phi) is 3.75.